The number of carbonyl (C=O) groups is 1. The molecule has 10 heteroatoms. The van der Waals surface area contributed by atoms with E-state index in [2.05, 4.69) is 15.3 Å². The number of anilines is 1. The van der Waals surface area contributed by atoms with E-state index in [1.54, 1.807) is 4.90 Å². The van der Waals surface area contributed by atoms with Gasteiger partial charge in [0.25, 0.3) is 0 Å². The van der Waals surface area contributed by atoms with E-state index in [0.29, 0.717) is 13.1 Å². The van der Waals surface area contributed by atoms with Crippen molar-refractivity contribution in [2.24, 2.45) is 0 Å². The van der Waals surface area contributed by atoms with Crippen LogP contribution in [0.1, 0.15) is 12.6 Å². The van der Waals surface area contributed by atoms with Gasteiger partial charge in [-0.15, -0.1) is 0 Å². The molecule has 1 aromatic heterocycles. The highest BCUT2D eigenvalue weighted by atomic mass is 19.4. The first-order valence-corrected chi connectivity index (χ1v) is 7.48. The van der Waals surface area contributed by atoms with Crippen molar-refractivity contribution >= 4 is 11.9 Å². The first-order valence-electron chi connectivity index (χ1n) is 7.48. The summed E-state index contributed by atoms with van der Waals surface area (Å²) in [5.74, 6) is -0.165. The number of hydrogen-bond donors (Lipinski definition) is 1. The average Bonchev–Trinajstić information content (AvgIpc) is 2.84. The van der Waals surface area contributed by atoms with Crippen molar-refractivity contribution in [2.75, 3.05) is 31.2 Å². The molecule has 1 amide bonds. The number of hydrogen-bond acceptors (Lipinski definition) is 6. The van der Waals surface area contributed by atoms with Crippen LogP contribution in [-0.4, -0.2) is 60.4 Å². The Morgan fingerprint density at radius 3 is 2.46 bits per heavy atom. The molecule has 2 fully saturated rings. The van der Waals surface area contributed by atoms with Crippen molar-refractivity contribution in [2.45, 2.75) is 31.3 Å². The maximum Gasteiger partial charge on any atom is 0.433 e. The smallest absolute Gasteiger partial charge is 0.371 e. The number of nitrogens with one attached hydrogen (secondary N) is 1. The van der Waals surface area contributed by atoms with E-state index in [1.165, 1.54) is 6.92 Å². The van der Waals surface area contributed by atoms with Gasteiger partial charge in [0.15, 0.2) is 0 Å². The van der Waals surface area contributed by atoms with Gasteiger partial charge in [-0.25, -0.2) is 9.97 Å². The fourth-order valence-electron chi connectivity index (χ4n) is 2.78. The summed E-state index contributed by atoms with van der Waals surface area (Å²) in [5, 5.41) is 2.73. The van der Waals surface area contributed by atoms with Gasteiger partial charge < -0.3 is 19.7 Å². The molecule has 0 bridgehead atoms. The molecule has 2 atom stereocenters. The highest BCUT2D eigenvalue weighted by Gasteiger charge is 2.39. The van der Waals surface area contributed by atoms with E-state index < -0.39 is 11.9 Å². The first kappa shape index (κ1) is 16.9. The molecule has 132 valence electrons. The maximum absolute atomic E-state index is 12.8. The number of amides is 1. The number of rotatable bonds is 2. The Labute approximate surface area is 136 Å². The normalized spacial score (nSPS) is 25.2. The van der Waals surface area contributed by atoms with E-state index >= 15 is 0 Å². The molecule has 1 N–H and O–H groups in total. The van der Waals surface area contributed by atoms with Crippen LogP contribution in [0.4, 0.5) is 19.1 Å². The van der Waals surface area contributed by atoms with Crippen LogP contribution in [0.5, 0.6) is 0 Å². The summed E-state index contributed by atoms with van der Waals surface area (Å²) in [6, 6.07) is 0.606. The minimum Gasteiger partial charge on any atom is -0.371 e. The molecule has 0 spiro atoms. The Hall–Kier alpha value is -1.94. The number of nitrogens with zero attached hydrogens (tertiary/aromatic N) is 3. The van der Waals surface area contributed by atoms with Crippen molar-refractivity contribution in [3.8, 4) is 0 Å². The third kappa shape index (κ3) is 3.75. The molecule has 2 aliphatic rings. The monoisotopic (exact) mass is 346 g/mol. The lowest BCUT2D eigenvalue weighted by Gasteiger charge is -2.19. The minimum atomic E-state index is -4.51. The molecular weight excluding hydrogens is 329 g/mol. The SMILES string of the molecule is CC(=O)NC1CO[C@H]2CN(c3nccc(C(F)(F)F)n3)C[C@@H]2OC1. The summed E-state index contributed by atoms with van der Waals surface area (Å²) in [4.78, 5) is 20.2. The molecule has 1 aromatic rings. The molecule has 24 heavy (non-hydrogen) atoms. The zero-order valence-electron chi connectivity index (χ0n) is 12.9. The standard InChI is InChI=1S/C14H17F3N4O3/c1-8(22)19-9-6-23-10-4-21(5-11(10)24-7-9)13-18-3-2-12(20-13)14(15,16)17/h2-3,9-11H,4-7H2,1H3,(H,19,22)/t10-,11-/m0/s1. The third-order valence-electron chi connectivity index (χ3n) is 3.86. The van der Waals surface area contributed by atoms with E-state index in [0.717, 1.165) is 12.3 Å². The highest BCUT2D eigenvalue weighted by molar-refractivity contribution is 5.73. The maximum atomic E-state index is 12.8. The van der Waals surface area contributed by atoms with Gasteiger partial charge in [0.05, 0.1) is 19.3 Å². The summed E-state index contributed by atoms with van der Waals surface area (Å²) in [6.45, 7) is 2.66. The minimum absolute atomic E-state index is 0.00325. The molecule has 3 heterocycles. The lowest BCUT2D eigenvalue weighted by Crippen LogP contribution is -2.40. The second-order valence-electron chi connectivity index (χ2n) is 5.79. The van der Waals surface area contributed by atoms with Gasteiger partial charge in [-0.05, 0) is 6.07 Å². The molecule has 0 radical (unpaired) electrons. The summed E-state index contributed by atoms with van der Waals surface area (Å²) < 4.78 is 49.7. The third-order valence-corrected chi connectivity index (χ3v) is 3.86. The Balaban J connectivity index is 1.66. The molecule has 0 aromatic carbocycles. The molecule has 2 saturated heterocycles. The predicted octanol–water partition coefficient (Wildman–Crippen LogP) is 0.604. The van der Waals surface area contributed by atoms with Gasteiger partial charge in [-0.1, -0.05) is 0 Å². The van der Waals surface area contributed by atoms with Crippen molar-refractivity contribution in [3.05, 3.63) is 18.0 Å². The van der Waals surface area contributed by atoms with Gasteiger partial charge >= 0.3 is 6.18 Å². The molecule has 0 unspecified atom stereocenters. The average molecular weight is 346 g/mol. The summed E-state index contributed by atoms with van der Waals surface area (Å²) in [6.07, 6.45) is -4.03. The molecule has 0 saturated carbocycles. The van der Waals surface area contributed by atoms with Crippen LogP contribution >= 0.6 is 0 Å². The van der Waals surface area contributed by atoms with E-state index in [4.69, 9.17) is 9.47 Å². The van der Waals surface area contributed by atoms with E-state index in [-0.39, 0.29) is 43.3 Å². The van der Waals surface area contributed by atoms with E-state index in [9.17, 15) is 18.0 Å². The Bertz CT molecular complexity index is 597. The molecule has 2 aliphatic heterocycles. The lowest BCUT2D eigenvalue weighted by molar-refractivity contribution is -0.141. The number of alkyl halides is 3. The number of halogens is 3. The van der Waals surface area contributed by atoms with Crippen LogP contribution in [0.25, 0.3) is 0 Å². The van der Waals surface area contributed by atoms with Gasteiger partial charge in [-0.2, -0.15) is 13.2 Å². The second-order valence-corrected chi connectivity index (χ2v) is 5.79. The summed E-state index contributed by atoms with van der Waals surface area (Å²) in [5.41, 5.74) is -0.979. The van der Waals surface area contributed by atoms with Crippen LogP contribution in [0.15, 0.2) is 12.3 Å². The fraction of sp³-hybridized carbons (Fsp3) is 0.643. The summed E-state index contributed by atoms with van der Waals surface area (Å²) in [7, 11) is 0. The molecular formula is C14H17F3N4O3. The Morgan fingerprint density at radius 2 is 1.92 bits per heavy atom. The van der Waals surface area contributed by atoms with Crippen LogP contribution < -0.4 is 10.2 Å². The topological polar surface area (TPSA) is 76.6 Å². The lowest BCUT2D eigenvalue weighted by atomic mass is 10.3. The van der Waals surface area contributed by atoms with Gasteiger partial charge in [0, 0.05) is 26.2 Å². The molecule has 0 aliphatic carbocycles. The van der Waals surface area contributed by atoms with Crippen molar-refractivity contribution in [3.63, 3.8) is 0 Å². The highest BCUT2D eigenvalue weighted by Crippen LogP contribution is 2.29. The summed E-state index contributed by atoms with van der Waals surface area (Å²) >= 11 is 0. The zero-order chi connectivity index (χ0) is 17.3. The first-order chi connectivity index (χ1) is 11.3. The quantitative estimate of drug-likeness (QED) is 0.845. The Morgan fingerprint density at radius 1 is 1.29 bits per heavy atom. The molecule has 7 nitrogen and oxygen atoms in total. The van der Waals surface area contributed by atoms with Crippen LogP contribution in [0.2, 0.25) is 0 Å². The van der Waals surface area contributed by atoms with Crippen molar-refractivity contribution < 1.29 is 27.4 Å². The van der Waals surface area contributed by atoms with Crippen LogP contribution in [-0.2, 0) is 20.4 Å². The number of fused-ring (bicyclic) bond motifs is 1. The number of carbonyl (C=O) groups excluding carboxylic acids is 1. The number of ether oxygens (including phenoxy) is 2. The van der Waals surface area contributed by atoms with Crippen LogP contribution in [0, 0.1) is 0 Å². The van der Waals surface area contributed by atoms with E-state index in [1.807, 2.05) is 0 Å². The predicted molar refractivity (Wildman–Crippen MR) is 76.3 cm³/mol. The van der Waals surface area contributed by atoms with Gasteiger partial charge in [0.1, 0.15) is 17.9 Å². The van der Waals surface area contributed by atoms with Crippen molar-refractivity contribution in [1.82, 2.24) is 15.3 Å². The Kier molecular flexibility index (Phi) is 4.59. The van der Waals surface area contributed by atoms with Gasteiger partial charge in [0.2, 0.25) is 11.9 Å². The van der Waals surface area contributed by atoms with Crippen LogP contribution in [0.3, 0.4) is 0 Å². The molecule has 3 rings (SSSR count). The zero-order valence-corrected chi connectivity index (χ0v) is 12.9. The second kappa shape index (κ2) is 6.52. The fourth-order valence-corrected chi connectivity index (χ4v) is 2.78. The largest absolute Gasteiger partial charge is 0.433 e. The number of aromatic nitrogens is 2. The van der Waals surface area contributed by atoms with Gasteiger partial charge in [-0.3, -0.25) is 4.79 Å². The van der Waals surface area contributed by atoms with Crippen molar-refractivity contribution in [1.29, 1.82) is 0 Å².